The average molecular weight is 448 g/mol. The van der Waals surface area contributed by atoms with E-state index in [0.717, 1.165) is 73.9 Å². The summed E-state index contributed by atoms with van der Waals surface area (Å²) in [5, 5.41) is 6.71. The van der Waals surface area contributed by atoms with E-state index in [1.165, 1.54) is 6.42 Å². The Hall–Kier alpha value is -2.66. The Morgan fingerprint density at radius 3 is 2.33 bits per heavy atom. The molecule has 2 aliphatic rings. The molecule has 2 amide bonds. The number of rotatable bonds is 6. The minimum Gasteiger partial charge on any atom is -0.351 e. The van der Waals surface area contributed by atoms with E-state index >= 15 is 0 Å². The van der Waals surface area contributed by atoms with Crippen molar-refractivity contribution in [2.75, 3.05) is 11.4 Å². The number of carbonyl (C=O) groups excluding carboxylic acids is 2. The lowest BCUT2D eigenvalue weighted by atomic mass is 9.94. The number of anilines is 1. The van der Waals surface area contributed by atoms with Crippen LogP contribution in [0.3, 0.4) is 0 Å². The van der Waals surface area contributed by atoms with E-state index in [0.29, 0.717) is 0 Å². The third kappa shape index (κ3) is 5.47. The van der Waals surface area contributed by atoms with Crippen LogP contribution in [0.25, 0.3) is 0 Å². The summed E-state index contributed by atoms with van der Waals surface area (Å²) in [5.41, 5.74) is 3.81. The maximum Gasteiger partial charge on any atom is 0.248 e. The van der Waals surface area contributed by atoms with Crippen LogP contribution in [0.5, 0.6) is 0 Å². The Labute approximate surface area is 197 Å². The average Bonchev–Trinajstić information content (AvgIpc) is 2.85. The fraction of sp³-hybridized carbons (Fsp3) is 0.500. The minimum atomic E-state index is -0.704. The monoisotopic (exact) mass is 447 g/mol. The molecule has 4 rings (SSSR count). The van der Waals surface area contributed by atoms with Crippen molar-refractivity contribution in [2.45, 2.75) is 83.3 Å². The molecule has 2 fully saturated rings. The van der Waals surface area contributed by atoms with Gasteiger partial charge in [0.1, 0.15) is 6.04 Å². The maximum absolute atomic E-state index is 14.1. The molecule has 0 aromatic heterocycles. The predicted molar refractivity (Wildman–Crippen MR) is 133 cm³/mol. The van der Waals surface area contributed by atoms with Gasteiger partial charge in [0, 0.05) is 11.7 Å². The third-order valence-electron chi connectivity index (χ3n) is 7.25. The molecule has 1 aliphatic carbocycles. The number of hydrogen-bond acceptors (Lipinski definition) is 3. The van der Waals surface area contributed by atoms with E-state index in [2.05, 4.69) is 23.6 Å². The van der Waals surface area contributed by atoms with E-state index in [-0.39, 0.29) is 23.9 Å². The van der Waals surface area contributed by atoms with Crippen molar-refractivity contribution in [3.05, 3.63) is 65.2 Å². The highest BCUT2D eigenvalue weighted by Gasteiger charge is 2.38. The lowest BCUT2D eigenvalue weighted by Gasteiger charge is -2.37. The van der Waals surface area contributed by atoms with Gasteiger partial charge in [-0.05, 0) is 68.8 Å². The first-order valence-corrected chi connectivity index (χ1v) is 12.5. The lowest BCUT2D eigenvalue weighted by molar-refractivity contribution is -0.128. The summed E-state index contributed by atoms with van der Waals surface area (Å²) in [4.78, 5) is 29.7. The number of nitrogens with one attached hydrogen (secondary N) is 2. The molecule has 2 aromatic rings. The van der Waals surface area contributed by atoms with Crippen LogP contribution >= 0.6 is 0 Å². The van der Waals surface area contributed by atoms with Crippen molar-refractivity contribution < 1.29 is 9.59 Å². The Kier molecular flexibility index (Phi) is 7.81. The minimum absolute atomic E-state index is 0.0175. The van der Waals surface area contributed by atoms with E-state index < -0.39 is 6.04 Å². The summed E-state index contributed by atoms with van der Waals surface area (Å²) in [5.74, 6) is -0.103. The zero-order valence-electron chi connectivity index (χ0n) is 20.0. The molecule has 0 radical (unpaired) electrons. The molecular weight excluding hydrogens is 410 g/mol. The number of amides is 2. The summed E-state index contributed by atoms with van der Waals surface area (Å²) >= 11 is 0. The van der Waals surface area contributed by atoms with E-state index in [9.17, 15) is 9.59 Å². The van der Waals surface area contributed by atoms with Crippen LogP contribution in [0.1, 0.15) is 74.1 Å². The number of aryl methyl sites for hydroxylation is 1. The van der Waals surface area contributed by atoms with Gasteiger partial charge in [-0.3, -0.25) is 14.5 Å². The van der Waals surface area contributed by atoms with Gasteiger partial charge in [0.25, 0.3) is 0 Å². The Morgan fingerprint density at radius 1 is 0.909 bits per heavy atom. The maximum atomic E-state index is 14.1. The van der Waals surface area contributed by atoms with E-state index in [4.69, 9.17) is 0 Å². The molecule has 1 saturated carbocycles. The molecule has 2 unspecified atom stereocenters. The molecule has 5 nitrogen and oxygen atoms in total. The van der Waals surface area contributed by atoms with Crippen molar-refractivity contribution in [3.8, 4) is 0 Å². The van der Waals surface area contributed by atoms with Crippen molar-refractivity contribution >= 4 is 17.5 Å². The molecule has 2 aromatic carbocycles. The van der Waals surface area contributed by atoms with E-state index in [1.807, 2.05) is 49.4 Å². The molecule has 0 spiro atoms. The standard InChI is InChI=1S/C28H37N3O2/c1-20-12-11-18-25(21(20)2)31(28(33)24-17-9-10-19-29-24)26(22-13-5-3-6-14-22)27(32)30-23-15-7-4-8-16-23/h3,5-6,11-14,18,23-24,26,29H,4,7-10,15-17,19H2,1-2H3,(H,30,32). The summed E-state index contributed by atoms with van der Waals surface area (Å²) in [6.45, 7) is 4.93. The summed E-state index contributed by atoms with van der Waals surface area (Å²) in [6, 6.07) is 15.0. The van der Waals surface area contributed by atoms with Crippen molar-refractivity contribution in [2.24, 2.45) is 0 Å². The number of piperidine rings is 1. The zero-order valence-corrected chi connectivity index (χ0v) is 20.0. The highest BCUT2D eigenvalue weighted by Crippen LogP contribution is 2.33. The van der Waals surface area contributed by atoms with Crippen LogP contribution < -0.4 is 15.5 Å². The highest BCUT2D eigenvalue weighted by molar-refractivity contribution is 6.04. The third-order valence-corrected chi connectivity index (χ3v) is 7.25. The molecule has 5 heteroatoms. The largest absolute Gasteiger partial charge is 0.351 e. The van der Waals surface area contributed by atoms with Gasteiger partial charge in [0.15, 0.2) is 0 Å². The number of benzene rings is 2. The van der Waals surface area contributed by atoms with Gasteiger partial charge < -0.3 is 10.6 Å². The Bertz CT molecular complexity index is 947. The summed E-state index contributed by atoms with van der Waals surface area (Å²) in [7, 11) is 0. The molecule has 33 heavy (non-hydrogen) atoms. The summed E-state index contributed by atoms with van der Waals surface area (Å²) < 4.78 is 0. The Balaban J connectivity index is 1.77. The van der Waals surface area contributed by atoms with E-state index in [1.54, 1.807) is 4.90 Å². The second-order valence-electron chi connectivity index (χ2n) is 9.59. The fourth-order valence-corrected chi connectivity index (χ4v) is 5.19. The second-order valence-corrected chi connectivity index (χ2v) is 9.59. The van der Waals surface area contributed by atoms with Gasteiger partial charge in [-0.1, -0.05) is 68.1 Å². The first-order chi connectivity index (χ1) is 16.1. The highest BCUT2D eigenvalue weighted by atomic mass is 16.2. The molecule has 1 aliphatic heterocycles. The summed E-state index contributed by atoms with van der Waals surface area (Å²) in [6.07, 6.45) is 8.44. The van der Waals surface area contributed by atoms with Crippen LogP contribution in [0.4, 0.5) is 5.69 Å². The van der Waals surface area contributed by atoms with Crippen molar-refractivity contribution in [1.82, 2.24) is 10.6 Å². The van der Waals surface area contributed by atoms with Crippen LogP contribution in [0.2, 0.25) is 0 Å². The van der Waals surface area contributed by atoms with Crippen LogP contribution in [-0.4, -0.2) is 30.4 Å². The van der Waals surface area contributed by atoms with Gasteiger partial charge in [0.05, 0.1) is 6.04 Å². The predicted octanol–water partition coefficient (Wildman–Crippen LogP) is 4.97. The van der Waals surface area contributed by atoms with Gasteiger partial charge in [-0.15, -0.1) is 0 Å². The molecule has 2 atom stereocenters. The van der Waals surface area contributed by atoms with Gasteiger partial charge in [-0.2, -0.15) is 0 Å². The molecule has 0 bridgehead atoms. The quantitative estimate of drug-likeness (QED) is 0.657. The fourth-order valence-electron chi connectivity index (χ4n) is 5.19. The van der Waals surface area contributed by atoms with Crippen LogP contribution in [0, 0.1) is 13.8 Å². The molecule has 1 heterocycles. The normalized spacial score (nSPS) is 20.1. The Morgan fingerprint density at radius 2 is 1.64 bits per heavy atom. The topological polar surface area (TPSA) is 61.4 Å². The molecular formula is C28H37N3O2. The van der Waals surface area contributed by atoms with Crippen LogP contribution in [0.15, 0.2) is 48.5 Å². The van der Waals surface area contributed by atoms with Gasteiger partial charge >= 0.3 is 0 Å². The number of nitrogens with zero attached hydrogens (tertiary/aromatic N) is 1. The number of hydrogen-bond donors (Lipinski definition) is 2. The van der Waals surface area contributed by atoms with Crippen LogP contribution in [-0.2, 0) is 9.59 Å². The van der Waals surface area contributed by atoms with Crippen molar-refractivity contribution in [1.29, 1.82) is 0 Å². The van der Waals surface area contributed by atoms with Gasteiger partial charge in [-0.25, -0.2) is 0 Å². The zero-order chi connectivity index (χ0) is 23.2. The molecule has 1 saturated heterocycles. The second kappa shape index (κ2) is 11.0. The van der Waals surface area contributed by atoms with Crippen molar-refractivity contribution in [3.63, 3.8) is 0 Å². The smallest absolute Gasteiger partial charge is 0.248 e. The lowest BCUT2D eigenvalue weighted by Crippen LogP contribution is -2.54. The first kappa shape index (κ1) is 23.5. The van der Waals surface area contributed by atoms with Gasteiger partial charge in [0.2, 0.25) is 11.8 Å². The SMILES string of the molecule is Cc1cccc(N(C(=O)C2CCCCN2)C(C(=O)NC2CCCCC2)c2ccccc2)c1C. The molecule has 176 valence electrons. The number of carbonyl (C=O) groups is 2. The first-order valence-electron chi connectivity index (χ1n) is 12.5. The molecule has 2 N–H and O–H groups in total.